The number of hydrogen-bond donors (Lipinski definition) is 3. The molecule has 0 aliphatic carbocycles. The number of aldehydes is 1. The third-order valence-corrected chi connectivity index (χ3v) is 18.9. The molecule has 20 atom stereocenters. The van der Waals surface area contributed by atoms with Crippen LogP contribution in [0.15, 0.2) is 42.9 Å². The number of hydrogen-bond acceptors (Lipinski definition) is 22. The molecule has 0 bridgehead atoms. The molecule has 88 heavy (non-hydrogen) atoms. The zero-order valence-corrected chi connectivity index (χ0v) is 54.5. The van der Waals surface area contributed by atoms with Crippen LogP contribution >= 0.6 is 0 Å². The van der Waals surface area contributed by atoms with Crippen LogP contribution in [0.3, 0.4) is 0 Å². The number of methoxy groups -OCH3 is 4. The van der Waals surface area contributed by atoms with Gasteiger partial charge in [-0.1, -0.05) is 71.0 Å². The lowest BCUT2D eigenvalue weighted by Crippen LogP contribution is -2.61. The monoisotopic (exact) mass is 1240 g/mol. The number of ether oxygens (including phenoxy) is 11. The van der Waals surface area contributed by atoms with Crippen LogP contribution in [0.2, 0.25) is 0 Å². The van der Waals surface area contributed by atoms with Crippen molar-refractivity contribution >= 4 is 24.3 Å². The van der Waals surface area contributed by atoms with E-state index in [4.69, 9.17) is 57.8 Å². The molecule has 2 aromatic heterocycles. The topological polar surface area (TPSA) is 277 Å². The number of cyclic esters (lactones) is 1. The highest BCUT2D eigenvalue weighted by Crippen LogP contribution is 2.46. The van der Waals surface area contributed by atoms with Crippen LogP contribution in [0.5, 0.6) is 0 Å². The number of aliphatic hydroxyl groups is 1. The summed E-state index contributed by atoms with van der Waals surface area (Å²) in [6.07, 6.45) is 1.09. The number of rotatable bonds is 34. The molecule has 0 spiro atoms. The number of aliphatic hydroxyl groups excluding tert-OH is 1. The van der Waals surface area contributed by atoms with Crippen molar-refractivity contribution in [3.8, 4) is 11.1 Å². The van der Waals surface area contributed by atoms with Crippen LogP contribution in [-0.2, 0) is 68.1 Å². The Labute approximate surface area is 518 Å². The summed E-state index contributed by atoms with van der Waals surface area (Å²) >= 11 is 0. The summed E-state index contributed by atoms with van der Waals surface area (Å²) in [6.45, 7) is 21.8. The van der Waals surface area contributed by atoms with Gasteiger partial charge in [0, 0.05) is 96.3 Å². The molecule has 0 saturated carbocycles. The predicted octanol–water partition coefficient (Wildman–Crippen LogP) is 6.88. The minimum atomic E-state index is -1.31. The maximum atomic E-state index is 15.3. The number of carbonyl (C=O) groups is 3. The second-order valence-corrected chi connectivity index (χ2v) is 25.6. The van der Waals surface area contributed by atoms with Crippen molar-refractivity contribution in [2.75, 3.05) is 74.3 Å². The normalized spacial score (nSPS) is 30.0. The Bertz CT molecular complexity index is 2680. The summed E-state index contributed by atoms with van der Waals surface area (Å²) in [5.41, 5.74) is 8.47. The molecule has 1 aromatic carbocycles. The molecule has 1 amide bonds. The highest BCUT2D eigenvalue weighted by atomic mass is 19.1. The number of epoxide rings is 1. The highest BCUT2D eigenvalue weighted by Gasteiger charge is 2.60. The second kappa shape index (κ2) is 30.9. The van der Waals surface area contributed by atoms with Gasteiger partial charge in [0.15, 0.2) is 18.1 Å². The van der Waals surface area contributed by atoms with Crippen molar-refractivity contribution in [1.29, 1.82) is 0 Å². The number of anilines is 1. The molecule has 6 heterocycles. The Kier molecular flexibility index (Phi) is 24.8. The first-order valence-corrected chi connectivity index (χ1v) is 31.1. The maximum Gasteiger partial charge on any atom is 0.425 e. The Balaban J connectivity index is 1.11. The molecule has 3 aromatic rings. The average molecular weight is 1240 g/mol. The second-order valence-electron chi connectivity index (χ2n) is 25.6. The van der Waals surface area contributed by atoms with Crippen molar-refractivity contribution in [3.05, 3.63) is 54.1 Å². The summed E-state index contributed by atoms with van der Waals surface area (Å²) in [5.74, 6) is -3.20. The Hall–Kier alpha value is -4.90. The SMILES string of the molecule is CC[C@@H](OC(=O)[C@H](C)[C@@H](C1C[C@@](C)(OC)[C@@H](O)[C@H](C)O1)[C@H](C)[C@@H](O[C@H]1C[C@@H](N(C)CCc2cn([C@H](CF)[C@H](OC)c3ccc(-c4cnc(N)nc4)cc3)nn2)C[C@@H](C)O1)[C@@](C)(C[C@@H](C)C=O)OC)[C@@]1(C)OC(=O)N(NC2OC2COCCOC)[C@@H]1C(C)C. The number of alkyl halides is 1. The smallest absolute Gasteiger partial charge is 0.425 e. The van der Waals surface area contributed by atoms with E-state index >= 15 is 9.18 Å². The van der Waals surface area contributed by atoms with Gasteiger partial charge in [-0.25, -0.2) is 28.8 Å². The standard InChI is InChI=1S/C63H100FN9O15/c1-17-50(63(11)54(36(2)3)73(60(77)88-63)69-57-49(85-57)35-82-25-24-78-13)86-58(76)40(7)52(48-29-61(9,80-15)55(75)41(8)84-48)39(6)56(62(10,81-16)28-37(4)34-74)87-51-27-46(26-38(5)83-51)71(12)23-22-45-33-72(70-68-45)47(30-64)53(79-14)43-20-18-42(19-21-43)44-31-66-59(65)67-32-44/h18-21,31-34,36-41,46-57,69,75H,17,22-30,35H2,1-16H3,(H2,65,66,67)/t37-,38-,39+,40-,41+,46+,47-,48?,49?,50-,51+,52+,53-,54-,55+,56-,57?,61-,62-,63-/m1/s1. The first-order valence-electron chi connectivity index (χ1n) is 31.1. The van der Waals surface area contributed by atoms with Crippen molar-refractivity contribution in [3.63, 3.8) is 0 Å². The number of hydrazine groups is 1. The lowest BCUT2D eigenvalue weighted by Gasteiger charge is -2.51. The van der Waals surface area contributed by atoms with Crippen molar-refractivity contribution in [2.45, 2.75) is 211 Å². The van der Waals surface area contributed by atoms with E-state index in [2.05, 4.69) is 30.6 Å². The molecular formula is C63H100FN9O15. The van der Waals surface area contributed by atoms with Gasteiger partial charge in [-0.3, -0.25) is 4.79 Å². The first-order chi connectivity index (χ1) is 41.8. The van der Waals surface area contributed by atoms with Gasteiger partial charge in [0.05, 0.1) is 73.1 Å². The molecule has 494 valence electrons. The number of halogens is 1. The number of aromatic nitrogens is 5. The van der Waals surface area contributed by atoms with Gasteiger partial charge < -0.3 is 72.6 Å². The van der Waals surface area contributed by atoms with E-state index in [-0.39, 0.29) is 43.0 Å². The van der Waals surface area contributed by atoms with Crippen molar-refractivity contribution < 1.29 is 76.0 Å². The van der Waals surface area contributed by atoms with Gasteiger partial charge in [0.25, 0.3) is 0 Å². The highest BCUT2D eigenvalue weighted by molar-refractivity contribution is 5.74. The maximum absolute atomic E-state index is 15.3. The molecule has 4 N–H and O–H groups in total. The van der Waals surface area contributed by atoms with Crippen LogP contribution in [0.25, 0.3) is 11.1 Å². The Morgan fingerprint density at radius 3 is 2.34 bits per heavy atom. The largest absolute Gasteiger partial charge is 0.458 e. The minimum absolute atomic E-state index is 0.0334. The quantitative estimate of drug-likeness (QED) is 0.0238. The third kappa shape index (κ3) is 16.4. The van der Waals surface area contributed by atoms with Gasteiger partial charge in [-0.05, 0) is 83.9 Å². The lowest BCUT2D eigenvalue weighted by molar-refractivity contribution is -0.278. The van der Waals surface area contributed by atoms with Crippen LogP contribution < -0.4 is 11.2 Å². The Morgan fingerprint density at radius 1 is 1.02 bits per heavy atom. The first kappa shape index (κ1) is 70.6. The van der Waals surface area contributed by atoms with E-state index in [0.29, 0.717) is 57.7 Å². The number of nitrogens with one attached hydrogen (secondary N) is 1. The van der Waals surface area contributed by atoms with Crippen LogP contribution in [0.1, 0.15) is 132 Å². The number of esters is 1. The zero-order chi connectivity index (χ0) is 64.4. The number of nitrogens with two attached hydrogens (primary N) is 1. The fourth-order valence-corrected chi connectivity index (χ4v) is 13.8. The summed E-state index contributed by atoms with van der Waals surface area (Å²) in [5, 5.41) is 21.9. The van der Waals surface area contributed by atoms with Crippen molar-refractivity contribution in [1.82, 2.24) is 40.3 Å². The number of nitrogen functional groups attached to an aromatic ring is 1. The fraction of sp³-hybridized carbons (Fsp3) is 0.762. The molecular weight excluding hydrogens is 1140 g/mol. The number of amides is 1. The number of carbonyl (C=O) groups excluding carboxylic acids is 3. The lowest BCUT2D eigenvalue weighted by atomic mass is 9.68. The number of benzene rings is 1. The summed E-state index contributed by atoms with van der Waals surface area (Å²) in [4.78, 5) is 52.2. The predicted molar refractivity (Wildman–Crippen MR) is 323 cm³/mol. The molecule has 4 saturated heterocycles. The van der Waals surface area contributed by atoms with Crippen LogP contribution in [-0.4, -0.2) is 211 Å². The molecule has 3 unspecified atom stereocenters. The molecule has 7 rings (SSSR count). The molecule has 4 fully saturated rings. The molecule has 25 heteroatoms. The summed E-state index contributed by atoms with van der Waals surface area (Å²) in [6, 6.07) is 6.16. The molecule has 4 aliphatic rings. The fourth-order valence-electron chi connectivity index (χ4n) is 13.8. The average Bonchev–Trinajstić information content (AvgIpc) is 1.72. The van der Waals surface area contributed by atoms with Gasteiger partial charge in [0.2, 0.25) is 5.95 Å². The minimum Gasteiger partial charge on any atom is -0.458 e. The van der Waals surface area contributed by atoms with E-state index in [1.54, 1.807) is 67.8 Å². The van der Waals surface area contributed by atoms with Gasteiger partial charge in [0.1, 0.15) is 43.4 Å². The summed E-state index contributed by atoms with van der Waals surface area (Å²) < 4.78 is 85.3. The van der Waals surface area contributed by atoms with Gasteiger partial charge in [-0.2, -0.15) is 5.43 Å². The van der Waals surface area contributed by atoms with Gasteiger partial charge >= 0.3 is 12.1 Å². The van der Waals surface area contributed by atoms with Crippen LogP contribution in [0, 0.1) is 29.6 Å². The van der Waals surface area contributed by atoms with Gasteiger partial charge in [-0.15, -0.1) is 5.10 Å². The van der Waals surface area contributed by atoms with E-state index < -0.39 is 120 Å². The van der Waals surface area contributed by atoms with E-state index in [1.165, 1.54) is 9.69 Å². The molecule has 24 nitrogen and oxygen atoms in total. The number of likely N-dealkylation sites (N-methyl/N-ethyl adjacent to an activating group) is 1. The van der Waals surface area contributed by atoms with E-state index in [9.17, 15) is 14.7 Å². The van der Waals surface area contributed by atoms with Crippen molar-refractivity contribution in [2.24, 2.45) is 29.6 Å². The third-order valence-electron chi connectivity index (χ3n) is 18.9. The van der Waals surface area contributed by atoms with Crippen LogP contribution in [0.4, 0.5) is 15.1 Å². The van der Waals surface area contributed by atoms with E-state index in [1.807, 2.05) is 86.7 Å². The summed E-state index contributed by atoms with van der Waals surface area (Å²) in [7, 11) is 8.33. The van der Waals surface area contributed by atoms with E-state index in [0.717, 1.165) is 23.0 Å². The molecule has 4 aliphatic heterocycles. The Morgan fingerprint density at radius 2 is 1.73 bits per heavy atom. The zero-order valence-electron chi connectivity index (χ0n) is 54.5. The number of nitrogens with zero attached hydrogens (tertiary/aromatic N) is 7. The molecule has 0 radical (unpaired) electrons.